The standard InChI is InChI=1S/C24H24N4O3S/c1-16(28(2)14-21-26-20-12-13-32-22(20)24(30)27-21)23(29)25-18-8-10-19(11-9-18)31-15-17-6-4-3-5-7-17/h3-13,16H,14-15H2,1-2H3,(H,25,29)(H,26,27,30). The van der Waals surface area contributed by atoms with Crippen molar-refractivity contribution in [2.75, 3.05) is 12.4 Å². The molecule has 32 heavy (non-hydrogen) atoms. The number of amides is 1. The fourth-order valence-electron chi connectivity index (χ4n) is 3.19. The highest BCUT2D eigenvalue weighted by Gasteiger charge is 2.19. The van der Waals surface area contributed by atoms with Gasteiger partial charge >= 0.3 is 0 Å². The van der Waals surface area contributed by atoms with E-state index in [0.29, 0.717) is 34.9 Å². The number of hydrogen-bond acceptors (Lipinski definition) is 6. The number of nitrogens with one attached hydrogen (secondary N) is 2. The minimum atomic E-state index is -0.424. The molecule has 0 aliphatic carbocycles. The van der Waals surface area contributed by atoms with Gasteiger partial charge in [-0.1, -0.05) is 30.3 Å². The van der Waals surface area contributed by atoms with Crippen molar-refractivity contribution in [3.8, 4) is 5.75 Å². The molecule has 7 nitrogen and oxygen atoms in total. The van der Waals surface area contributed by atoms with E-state index in [0.717, 1.165) is 11.3 Å². The molecule has 2 N–H and O–H groups in total. The molecule has 2 heterocycles. The summed E-state index contributed by atoms with van der Waals surface area (Å²) in [6.45, 7) is 2.65. The molecule has 0 radical (unpaired) electrons. The number of aromatic amines is 1. The van der Waals surface area contributed by atoms with Crippen LogP contribution in [0.15, 0.2) is 70.8 Å². The third kappa shape index (κ3) is 5.22. The number of benzene rings is 2. The number of carbonyl (C=O) groups excluding carboxylic acids is 1. The van der Waals surface area contributed by atoms with Crippen molar-refractivity contribution in [2.24, 2.45) is 0 Å². The van der Waals surface area contributed by atoms with Gasteiger partial charge in [-0.05, 0) is 55.2 Å². The van der Waals surface area contributed by atoms with Crippen LogP contribution in [0.25, 0.3) is 10.2 Å². The Kier molecular flexibility index (Phi) is 6.63. The third-order valence-electron chi connectivity index (χ3n) is 5.17. The zero-order valence-electron chi connectivity index (χ0n) is 17.9. The molecule has 0 aliphatic heterocycles. The molecule has 4 aromatic rings. The Bertz CT molecular complexity index is 1250. The smallest absolute Gasteiger partial charge is 0.268 e. The number of hydrogen-bond donors (Lipinski definition) is 2. The van der Waals surface area contributed by atoms with E-state index in [1.807, 2.05) is 84.9 Å². The summed E-state index contributed by atoms with van der Waals surface area (Å²) in [6.07, 6.45) is 0. The second-order valence-corrected chi connectivity index (χ2v) is 8.44. The summed E-state index contributed by atoms with van der Waals surface area (Å²) in [5.74, 6) is 1.11. The molecule has 0 saturated carbocycles. The summed E-state index contributed by atoms with van der Waals surface area (Å²) >= 11 is 1.36. The summed E-state index contributed by atoms with van der Waals surface area (Å²) in [6, 6.07) is 18.6. The van der Waals surface area contributed by atoms with Crippen molar-refractivity contribution in [1.29, 1.82) is 0 Å². The number of H-pyrrole nitrogens is 1. The molecule has 0 spiro atoms. The fraction of sp³-hybridized carbons (Fsp3) is 0.208. The molecule has 1 atom stereocenters. The molecule has 164 valence electrons. The van der Waals surface area contributed by atoms with Crippen LogP contribution >= 0.6 is 11.3 Å². The Morgan fingerprint density at radius 3 is 2.66 bits per heavy atom. The van der Waals surface area contributed by atoms with Crippen molar-refractivity contribution >= 4 is 33.1 Å². The quantitative estimate of drug-likeness (QED) is 0.425. The lowest BCUT2D eigenvalue weighted by molar-refractivity contribution is -0.120. The van der Waals surface area contributed by atoms with Gasteiger partial charge in [0.15, 0.2) is 0 Å². The van der Waals surface area contributed by atoms with Crippen molar-refractivity contribution in [1.82, 2.24) is 14.9 Å². The van der Waals surface area contributed by atoms with Crippen LogP contribution < -0.4 is 15.6 Å². The largest absolute Gasteiger partial charge is 0.489 e. The van der Waals surface area contributed by atoms with E-state index in [9.17, 15) is 9.59 Å². The molecular formula is C24H24N4O3S. The van der Waals surface area contributed by atoms with E-state index < -0.39 is 6.04 Å². The van der Waals surface area contributed by atoms with Gasteiger partial charge in [-0.25, -0.2) is 4.98 Å². The Hall–Kier alpha value is -3.49. The van der Waals surface area contributed by atoms with Crippen LogP contribution in [-0.2, 0) is 17.9 Å². The first kappa shape index (κ1) is 21.7. The maximum Gasteiger partial charge on any atom is 0.268 e. The highest BCUT2D eigenvalue weighted by atomic mass is 32.1. The van der Waals surface area contributed by atoms with Crippen molar-refractivity contribution in [3.05, 3.63) is 87.8 Å². The molecule has 2 aromatic heterocycles. The zero-order valence-corrected chi connectivity index (χ0v) is 18.7. The predicted octanol–water partition coefficient (Wildman–Crippen LogP) is 4.02. The summed E-state index contributed by atoms with van der Waals surface area (Å²) in [5.41, 5.74) is 2.30. The zero-order chi connectivity index (χ0) is 22.5. The summed E-state index contributed by atoms with van der Waals surface area (Å²) < 4.78 is 6.39. The highest BCUT2D eigenvalue weighted by molar-refractivity contribution is 7.17. The normalized spacial score (nSPS) is 12.1. The lowest BCUT2D eigenvalue weighted by Gasteiger charge is -2.23. The minimum absolute atomic E-state index is 0.149. The number of aromatic nitrogens is 2. The lowest BCUT2D eigenvalue weighted by Crippen LogP contribution is -2.39. The maximum atomic E-state index is 12.7. The van der Waals surface area contributed by atoms with Gasteiger partial charge in [0.1, 0.15) is 22.9 Å². The van der Waals surface area contributed by atoms with E-state index in [2.05, 4.69) is 15.3 Å². The van der Waals surface area contributed by atoms with Gasteiger partial charge < -0.3 is 15.0 Å². The predicted molar refractivity (Wildman–Crippen MR) is 127 cm³/mol. The molecule has 1 amide bonds. The number of carbonyl (C=O) groups is 1. The van der Waals surface area contributed by atoms with E-state index in [4.69, 9.17) is 4.74 Å². The first-order valence-electron chi connectivity index (χ1n) is 10.2. The minimum Gasteiger partial charge on any atom is -0.489 e. The van der Waals surface area contributed by atoms with Crippen molar-refractivity contribution in [3.63, 3.8) is 0 Å². The summed E-state index contributed by atoms with van der Waals surface area (Å²) in [5, 5.41) is 4.76. The fourth-order valence-corrected chi connectivity index (χ4v) is 3.92. The van der Waals surface area contributed by atoms with Crippen LogP contribution in [0.5, 0.6) is 5.75 Å². The first-order valence-corrected chi connectivity index (χ1v) is 11.1. The van der Waals surface area contributed by atoms with Gasteiger partial charge in [0.25, 0.3) is 5.56 Å². The average Bonchev–Trinajstić information content (AvgIpc) is 3.28. The summed E-state index contributed by atoms with van der Waals surface area (Å²) in [4.78, 5) is 34.0. The number of anilines is 1. The number of rotatable bonds is 8. The van der Waals surface area contributed by atoms with Crippen molar-refractivity contribution < 1.29 is 9.53 Å². The highest BCUT2D eigenvalue weighted by Crippen LogP contribution is 2.18. The molecule has 0 saturated heterocycles. The molecule has 0 fully saturated rings. The van der Waals surface area contributed by atoms with Crippen LogP contribution in [0.1, 0.15) is 18.3 Å². The molecule has 2 aromatic carbocycles. The van der Waals surface area contributed by atoms with Crippen LogP contribution in [0.3, 0.4) is 0 Å². The van der Waals surface area contributed by atoms with Gasteiger partial charge in [0, 0.05) is 5.69 Å². The SMILES string of the molecule is CC(C(=O)Nc1ccc(OCc2ccccc2)cc1)N(C)Cc1nc2ccsc2c(=O)[nH]1. The Morgan fingerprint density at radius 1 is 1.16 bits per heavy atom. The van der Waals surface area contributed by atoms with E-state index in [-0.39, 0.29) is 11.5 Å². The topological polar surface area (TPSA) is 87.3 Å². The lowest BCUT2D eigenvalue weighted by atomic mass is 10.2. The Morgan fingerprint density at radius 2 is 1.91 bits per heavy atom. The second-order valence-electron chi connectivity index (χ2n) is 7.53. The molecule has 1 unspecified atom stereocenters. The van der Waals surface area contributed by atoms with Crippen molar-refractivity contribution in [2.45, 2.75) is 26.1 Å². The van der Waals surface area contributed by atoms with Crippen LogP contribution in [0.4, 0.5) is 5.69 Å². The van der Waals surface area contributed by atoms with Gasteiger partial charge in [-0.15, -0.1) is 11.3 Å². The van der Waals surface area contributed by atoms with E-state index in [1.165, 1.54) is 11.3 Å². The van der Waals surface area contributed by atoms with Gasteiger partial charge in [0.2, 0.25) is 5.91 Å². The monoisotopic (exact) mass is 448 g/mol. The Balaban J connectivity index is 1.32. The number of nitrogens with zero attached hydrogens (tertiary/aromatic N) is 2. The number of likely N-dealkylation sites (N-methyl/N-ethyl adjacent to an activating group) is 1. The first-order chi connectivity index (χ1) is 15.5. The Labute approximate surface area is 189 Å². The number of fused-ring (bicyclic) bond motifs is 1. The maximum absolute atomic E-state index is 12.7. The number of thiophene rings is 1. The molecule has 8 heteroatoms. The second kappa shape index (κ2) is 9.76. The average molecular weight is 449 g/mol. The van der Waals surface area contributed by atoms with Gasteiger partial charge in [-0.2, -0.15) is 0 Å². The van der Waals surface area contributed by atoms with Crippen LogP contribution in [-0.4, -0.2) is 33.9 Å². The van der Waals surface area contributed by atoms with Gasteiger partial charge in [-0.3, -0.25) is 14.5 Å². The molecule has 0 aliphatic rings. The molecule has 0 bridgehead atoms. The van der Waals surface area contributed by atoms with E-state index in [1.54, 1.807) is 0 Å². The summed E-state index contributed by atoms with van der Waals surface area (Å²) in [7, 11) is 1.82. The van der Waals surface area contributed by atoms with Gasteiger partial charge in [0.05, 0.1) is 18.1 Å². The van der Waals surface area contributed by atoms with Crippen LogP contribution in [0.2, 0.25) is 0 Å². The van der Waals surface area contributed by atoms with E-state index >= 15 is 0 Å². The van der Waals surface area contributed by atoms with Crippen LogP contribution in [0, 0.1) is 0 Å². The number of ether oxygens (including phenoxy) is 1. The molecular weight excluding hydrogens is 424 g/mol. The molecule has 4 rings (SSSR count). The third-order valence-corrected chi connectivity index (χ3v) is 6.08.